The van der Waals surface area contributed by atoms with E-state index in [1.807, 2.05) is 6.08 Å². The monoisotopic (exact) mass is 246 g/mol. The number of aromatic nitrogens is 1. The molecule has 1 aromatic rings. The van der Waals surface area contributed by atoms with Gasteiger partial charge in [0.05, 0.1) is 11.9 Å². The standard InChI is InChI=1S/C13H14N2O3/c16-12(9-4-2-1-3-5-9)15-10-6-7-11(13(17)18)14-8-10/h1-2,6-9H,3-5H2,(H,15,16)(H,17,18). The largest absolute Gasteiger partial charge is 0.477 e. The van der Waals surface area contributed by atoms with E-state index in [1.165, 1.54) is 12.3 Å². The summed E-state index contributed by atoms with van der Waals surface area (Å²) in [6, 6.07) is 2.92. The first-order valence-electron chi connectivity index (χ1n) is 5.82. The maximum atomic E-state index is 11.9. The summed E-state index contributed by atoms with van der Waals surface area (Å²) in [6.45, 7) is 0. The number of nitrogens with one attached hydrogen (secondary N) is 1. The summed E-state index contributed by atoms with van der Waals surface area (Å²) in [5.74, 6) is -1.12. The summed E-state index contributed by atoms with van der Waals surface area (Å²) in [5, 5.41) is 11.5. The van der Waals surface area contributed by atoms with E-state index in [-0.39, 0.29) is 17.5 Å². The minimum atomic E-state index is -1.08. The van der Waals surface area contributed by atoms with Gasteiger partial charge in [-0.25, -0.2) is 9.78 Å². The van der Waals surface area contributed by atoms with Gasteiger partial charge in [-0.1, -0.05) is 12.2 Å². The number of hydrogen-bond acceptors (Lipinski definition) is 3. The average molecular weight is 246 g/mol. The third-order valence-electron chi connectivity index (χ3n) is 2.89. The number of carbonyl (C=O) groups excluding carboxylic acids is 1. The number of carboxylic acids is 1. The van der Waals surface area contributed by atoms with E-state index in [4.69, 9.17) is 5.11 Å². The predicted octanol–water partition coefficient (Wildman–Crippen LogP) is 2.07. The lowest BCUT2D eigenvalue weighted by Gasteiger charge is -2.17. The van der Waals surface area contributed by atoms with E-state index < -0.39 is 5.97 Å². The summed E-state index contributed by atoms with van der Waals surface area (Å²) in [6.07, 6.45) is 7.98. The first-order chi connectivity index (χ1) is 8.66. The van der Waals surface area contributed by atoms with Crippen molar-refractivity contribution in [2.24, 2.45) is 5.92 Å². The summed E-state index contributed by atoms with van der Waals surface area (Å²) in [5.41, 5.74) is 0.494. The maximum Gasteiger partial charge on any atom is 0.354 e. The van der Waals surface area contributed by atoms with E-state index in [2.05, 4.69) is 16.4 Å². The Morgan fingerprint density at radius 1 is 1.33 bits per heavy atom. The molecule has 1 amide bonds. The third-order valence-corrected chi connectivity index (χ3v) is 2.89. The zero-order valence-electron chi connectivity index (χ0n) is 9.80. The third kappa shape index (κ3) is 2.94. The van der Waals surface area contributed by atoms with Crippen LogP contribution in [0.5, 0.6) is 0 Å². The number of aromatic carboxylic acids is 1. The van der Waals surface area contributed by atoms with Gasteiger partial charge in [-0.05, 0) is 31.4 Å². The van der Waals surface area contributed by atoms with Crippen molar-refractivity contribution in [3.8, 4) is 0 Å². The van der Waals surface area contributed by atoms with E-state index >= 15 is 0 Å². The minimum Gasteiger partial charge on any atom is -0.477 e. The lowest BCUT2D eigenvalue weighted by Crippen LogP contribution is -2.23. The zero-order valence-corrected chi connectivity index (χ0v) is 9.80. The van der Waals surface area contributed by atoms with Crippen molar-refractivity contribution in [3.05, 3.63) is 36.2 Å². The Balaban J connectivity index is 1.98. The van der Waals surface area contributed by atoms with Crippen LogP contribution in [0.15, 0.2) is 30.5 Å². The normalized spacial score (nSPS) is 18.3. The molecule has 1 aliphatic rings. The van der Waals surface area contributed by atoms with Gasteiger partial charge in [0.25, 0.3) is 0 Å². The van der Waals surface area contributed by atoms with Gasteiger partial charge in [0, 0.05) is 5.92 Å². The lowest BCUT2D eigenvalue weighted by molar-refractivity contribution is -0.120. The highest BCUT2D eigenvalue weighted by atomic mass is 16.4. The van der Waals surface area contributed by atoms with Crippen molar-refractivity contribution >= 4 is 17.6 Å². The second-order valence-electron chi connectivity index (χ2n) is 4.21. The Hall–Kier alpha value is -2.17. The Kier molecular flexibility index (Phi) is 3.72. The van der Waals surface area contributed by atoms with Crippen molar-refractivity contribution < 1.29 is 14.7 Å². The Bertz CT molecular complexity index is 480. The Morgan fingerprint density at radius 3 is 2.72 bits per heavy atom. The summed E-state index contributed by atoms with van der Waals surface area (Å²) < 4.78 is 0. The van der Waals surface area contributed by atoms with E-state index in [0.29, 0.717) is 5.69 Å². The van der Waals surface area contributed by atoms with Crippen LogP contribution in [0.1, 0.15) is 29.8 Å². The molecule has 1 aromatic heterocycles. The quantitative estimate of drug-likeness (QED) is 0.800. The molecule has 0 fully saturated rings. The van der Waals surface area contributed by atoms with Gasteiger partial charge in [0.15, 0.2) is 0 Å². The van der Waals surface area contributed by atoms with Crippen molar-refractivity contribution in [1.29, 1.82) is 0 Å². The van der Waals surface area contributed by atoms with Gasteiger partial charge in [-0.3, -0.25) is 4.79 Å². The molecule has 0 saturated carbocycles. The molecule has 0 aliphatic heterocycles. The maximum absolute atomic E-state index is 11.9. The summed E-state index contributed by atoms with van der Waals surface area (Å²) in [4.78, 5) is 26.3. The number of nitrogens with zero attached hydrogens (tertiary/aromatic N) is 1. The van der Waals surface area contributed by atoms with Crippen LogP contribution in [0.3, 0.4) is 0 Å². The van der Waals surface area contributed by atoms with Gasteiger partial charge in [0.1, 0.15) is 5.69 Å². The fourth-order valence-corrected chi connectivity index (χ4v) is 1.87. The smallest absolute Gasteiger partial charge is 0.354 e. The van der Waals surface area contributed by atoms with E-state index in [0.717, 1.165) is 19.3 Å². The van der Waals surface area contributed by atoms with Crippen LogP contribution >= 0.6 is 0 Å². The molecule has 1 unspecified atom stereocenters. The topological polar surface area (TPSA) is 79.3 Å². The number of amides is 1. The van der Waals surface area contributed by atoms with Gasteiger partial charge in [0.2, 0.25) is 5.91 Å². The number of carboxylic acid groups (broad SMARTS) is 1. The molecule has 0 saturated heterocycles. The molecule has 1 heterocycles. The van der Waals surface area contributed by atoms with Crippen LogP contribution in [-0.4, -0.2) is 22.0 Å². The zero-order chi connectivity index (χ0) is 13.0. The molecular formula is C13H14N2O3. The van der Waals surface area contributed by atoms with E-state index in [1.54, 1.807) is 6.07 Å². The van der Waals surface area contributed by atoms with Gasteiger partial charge < -0.3 is 10.4 Å². The highest BCUT2D eigenvalue weighted by molar-refractivity contribution is 5.93. The summed E-state index contributed by atoms with van der Waals surface area (Å²) in [7, 11) is 0. The Morgan fingerprint density at radius 2 is 2.17 bits per heavy atom. The molecule has 5 heteroatoms. The van der Waals surface area contributed by atoms with E-state index in [9.17, 15) is 9.59 Å². The van der Waals surface area contributed by atoms with Crippen molar-refractivity contribution in [2.45, 2.75) is 19.3 Å². The van der Waals surface area contributed by atoms with Crippen LogP contribution in [0, 0.1) is 5.92 Å². The van der Waals surface area contributed by atoms with Crippen LogP contribution in [0.4, 0.5) is 5.69 Å². The molecule has 18 heavy (non-hydrogen) atoms. The fourth-order valence-electron chi connectivity index (χ4n) is 1.87. The highest BCUT2D eigenvalue weighted by Gasteiger charge is 2.18. The number of hydrogen-bond donors (Lipinski definition) is 2. The first kappa shape index (κ1) is 12.3. The fraction of sp³-hybridized carbons (Fsp3) is 0.308. The van der Waals surface area contributed by atoms with Crippen LogP contribution in [0.25, 0.3) is 0 Å². The van der Waals surface area contributed by atoms with Crippen molar-refractivity contribution in [2.75, 3.05) is 5.32 Å². The predicted molar refractivity (Wildman–Crippen MR) is 66.3 cm³/mol. The van der Waals surface area contributed by atoms with Gasteiger partial charge in [-0.2, -0.15) is 0 Å². The molecule has 2 rings (SSSR count). The molecule has 2 N–H and O–H groups in total. The lowest BCUT2D eigenvalue weighted by atomic mass is 9.93. The van der Waals surface area contributed by atoms with Gasteiger partial charge >= 0.3 is 5.97 Å². The molecule has 0 aromatic carbocycles. The number of anilines is 1. The SMILES string of the molecule is O=C(O)c1ccc(NC(=O)C2CC=CCC2)cn1. The van der Waals surface area contributed by atoms with Crippen LogP contribution in [0.2, 0.25) is 0 Å². The average Bonchev–Trinajstić information content (AvgIpc) is 2.40. The van der Waals surface area contributed by atoms with Gasteiger partial charge in [-0.15, -0.1) is 0 Å². The number of allylic oxidation sites excluding steroid dienone is 2. The van der Waals surface area contributed by atoms with Crippen LogP contribution < -0.4 is 5.32 Å². The van der Waals surface area contributed by atoms with Crippen molar-refractivity contribution in [1.82, 2.24) is 4.98 Å². The number of pyridine rings is 1. The number of carbonyl (C=O) groups is 2. The first-order valence-corrected chi connectivity index (χ1v) is 5.82. The molecule has 0 spiro atoms. The molecule has 1 aliphatic carbocycles. The highest BCUT2D eigenvalue weighted by Crippen LogP contribution is 2.20. The minimum absolute atomic E-state index is 0.00542. The molecule has 94 valence electrons. The molecule has 5 nitrogen and oxygen atoms in total. The molecule has 0 bridgehead atoms. The summed E-state index contributed by atoms with van der Waals surface area (Å²) >= 11 is 0. The molecule has 1 atom stereocenters. The van der Waals surface area contributed by atoms with Crippen LogP contribution in [-0.2, 0) is 4.79 Å². The molecule has 0 radical (unpaired) electrons. The second-order valence-corrected chi connectivity index (χ2v) is 4.21. The second kappa shape index (κ2) is 5.44. The van der Waals surface area contributed by atoms with Crippen molar-refractivity contribution in [3.63, 3.8) is 0 Å². The molecular weight excluding hydrogens is 232 g/mol. The number of rotatable bonds is 3. The Labute approximate surface area is 105 Å².